The van der Waals surface area contributed by atoms with Gasteiger partial charge in [0.2, 0.25) is 0 Å². The SMILES string of the molecule is C[C@@H]1CN(c2ccc(F)cc2)CCN1C(=O)NCCC1CCN(Cc2ccccc2)CC1. The van der Waals surface area contributed by atoms with E-state index in [4.69, 9.17) is 0 Å². The summed E-state index contributed by atoms with van der Waals surface area (Å²) in [6.07, 6.45) is 3.46. The number of rotatable bonds is 6. The second-order valence-corrected chi connectivity index (χ2v) is 9.19. The summed E-state index contributed by atoms with van der Waals surface area (Å²) in [6, 6.07) is 17.4. The van der Waals surface area contributed by atoms with Gasteiger partial charge in [0.1, 0.15) is 5.82 Å². The van der Waals surface area contributed by atoms with Crippen molar-refractivity contribution in [2.24, 2.45) is 5.92 Å². The molecule has 4 rings (SSSR count). The fourth-order valence-electron chi connectivity index (χ4n) is 4.91. The predicted molar refractivity (Wildman–Crippen MR) is 127 cm³/mol. The largest absolute Gasteiger partial charge is 0.368 e. The van der Waals surface area contributed by atoms with Gasteiger partial charge in [-0.25, -0.2) is 9.18 Å². The molecule has 0 aliphatic carbocycles. The van der Waals surface area contributed by atoms with Gasteiger partial charge in [-0.1, -0.05) is 30.3 Å². The van der Waals surface area contributed by atoms with Crippen molar-refractivity contribution >= 4 is 11.7 Å². The molecule has 2 heterocycles. The van der Waals surface area contributed by atoms with Gasteiger partial charge >= 0.3 is 6.03 Å². The molecule has 0 radical (unpaired) electrons. The van der Waals surface area contributed by atoms with Crippen molar-refractivity contribution in [3.63, 3.8) is 0 Å². The van der Waals surface area contributed by atoms with Crippen molar-refractivity contribution in [2.45, 2.75) is 38.8 Å². The second kappa shape index (κ2) is 10.8. The van der Waals surface area contributed by atoms with Gasteiger partial charge in [-0.15, -0.1) is 0 Å². The minimum absolute atomic E-state index is 0.0396. The number of carbonyl (C=O) groups is 1. The van der Waals surface area contributed by atoms with Crippen molar-refractivity contribution in [3.05, 3.63) is 66.0 Å². The number of hydrogen-bond donors (Lipinski definition) is 1. The second-order valence-electron chi connectivity index (χ2n) is 9.19. The topological polar surface area (TPSA) is 38.8 Å². The monoisotopic (exact) mass is 438 g/mol. The van der Waals surface area contributed by atoms with E-state index in [1.54, 1.807) is 0 Å². The average Bonchev–Trinajstić information content (AvgIpc) is 2.81. The fraction of sp³-hybridized carbons (Fsp3) is 0.500. The van der Waals surface area contributed by atoms with Crippen LogP contribution in [0.4, 0.5) is 14.9 Å². The Hall–Kier alpha value is -2.60. The molecule has 0 saturated carbocycles. The van der Waals surface area contributed by atoms with Gasteiger partial charge in [0, 0.05) is 44.5 Å². The highest BCUT2D eigenvalue weighted by atomic mass is 19.1. The Labute approximate surface area is 191 Å². The summed E-state index contributed by atoms with van der Waals surface area (Å²) in [5, 5.41) is 3.15. The van der Waals surface area contributed by atoms with Gasteiger partial charge in [-0.3, -0.25) is 4.90 Å². The smallest absolute Gasteiger partial charge is 0.317 e. The summed E-state index contributed by atoms with van der Waals surface area (Å²) in [6.45, 7) is 8.34. The van der Waals surface area contributed by atoms with Crippen LogP contribution in [-0.4, -0.2) is 61.1 Å². The van der Waals surface area contributed by atoms with E-state index in [0.717, 1.165) is 51.4 Å². The lowest BCUT2D eigenvalue weighted by molar-refractivity contribution is 0.162. The van der Waals surface area contributed by atoms with Crippen LogP contribution in [0.15, 0.2) is 54.6 Å². The van der Waals surface area contributed by atoms with Crippen LogP contribution >= 0.6 is 0 Å². The quantitative estimate of drug-likeness (QED) is 0.729. The average molecular weight is 439 g/mol. The first-order valence-corrected chi connectivity index (χ1v) is 11.9. The molecule has 2 aliphatic rings. The maximum Gasteiger partial charge on any atom is 0.317 e. The Bertz CT molecular complexity index is 852. The summed E-state index contributed by atoms with van der Waals surface area (Å²) >= 11 is 0. The number of piperazine rings is 1. The molecule has 2 aromatic carbocycles. The first kappa shape index (κ1) is 22.6. The number of nitrogens with one attached hydrogen (secondary N) is 1. The third-order valence-electron chi connectivity index (χ3n) is 6.87. The van der Waals surface area contributed by atoms with Gasteiger partial charge in [-0.2, -0.15) is 0 Å². The lowest BCUT2D eigenvalue weighted by Crippen LogP contribution is -2.56. The number of anilines is 1. The van der Waals surface area contributed by atoms with E-state index in [0.29, 0.717) is 12.5 Å². The van der Waals surface area contributed by atoms with Crippen molar-refractivity contribution in [1.29, 1.82) is 0 Å². The Morgan fingerprint density at radius 2 is 1.72 bits per heavy atom. The van der Waals surface area contributed by atoms with E-state index in [2.05, 4.69) is 52.4 Å². The summed E-state index contributed by atoms with van der Waals surface area (Å²) in [5.74, 6) is 0.469. The van der Waals surface area contributed by atoms with Gasteiger partial charge in [0.15, 0.2) is 0 Å². The summed E-state index contributed by atoms with van der Waals surface area (Å²) in [7, 11) is 0. The zero-order chi connectivity index (χ0) is 22.3. The maximum absolute atomic E-state index is 13.2. The Balaban J connectivity index is 1.14. The highest BCUT2D eigenvalue weighted by molar-refractivity contribution is 5.75. The van der Waals surface area contributed by atoms with Crippen molar-refractivity contribution in [3.8, 4) is 0 Å². The highest BCUT2D eigenvalue weighted by Crippen LogP contribution is 2.22. The van der Waals surface area contributed by atoms with Crippen LogP contribution in [0.3, 0.4) is 0 Å². The lowest BCUT2D eigenvalue weighted by atomic mass is 9.93. The first-order valence-electron chi connectivity index (χ1n) is 11.9. The van der Waals surface area contributed by atoms with E-state index >= 15 is 0 Å². The number of nitrogens with zero attached hydrogens (tertiary/aromatic N) is 3. The Kier molecular flexibility index (Phi) is 7.63. The molecule has 2 aliphatic heterocycles. The minimum Gasteiger partial charge on any atom is -0.368 e. The van der Waals surface area contributed by atoms with Crippen LogP contribution in [0.1, 0.15) is 31.7 Å². The molecule has 0 bridgehead atoms. The van der Waals surface area contributed by atoms with E-state index in [-0.39, 0.29) is 17.9 Å². The molecule has 0 aromatic heterocycles. The first-order chi connectivity index (χ1) is 15.6. The van der Waals surface area contributed by atoms with Crippen LogP contribution in [0, 0.1) is 11.7 Å². The van der Waals surface area contributed by atoms with Crippen molar-refractivity contribution in [2.75, 3.05) is 44.2 Å². The van der Waals surface area contributed by atoms with Gasteiger partial charge < -0.3 is 15.1 Å². The molecule has 6 heteroatoms. The van der Waals surface area contributed by atoms with Gasteiger partial charge in [-0.05, 0) is 75.0 Å². The van der Waals surface area contributed by atoms with Crippen LogP contribution in [0.25, 0.3) is 0 Å². The van der Waals surface area contributed by atoms with Crippen LogP contribution < -0.4 is 10.2 Å². The molecule has 1 N–H and O–H groups in total. The lowest BCUT2D eigenvalue weighted by Gasteiger charge is -2.41. The van der Waals surface area contributed by atoms with Gasteiger partial charge in [0.25, 0.3) is 0 Å². The summed E-state index contributed by atoms with van der Waals surface area (Å²) in [5.41, 5.74) is 2.39. The number of hydrogen-bond acceptors (Lipinski definition) is 3. The van der Waals surface area contributed by atoms with Crippen LogP contribution in [0.2, 0.25) is 0 Å². The number of carbonyl (C=O) groups excluding carboxylic acids is 1. The molecule has 172 valence electrons. The fourth-order valence-corrected chi connectivity index (χ4v) is 4.91. The zero-order valence-corrected chi connectivity index (χ0v) is 19.0. The molecular weight excluding hydrogens is 403 g/mol. The molecule has 32 heavy (non-hydrogen) atoms. The molecule has 2 aromatic rings. The predicted octanol–water partition coefficient (Wildman–Crippen LogP) is 4.35. The Morgan fingerprint density at radius 3 is 2.41 bits per heavy atom. The van der Waals surface area contributed by atoms with Gasteiger partial charge in [0.05, 0.1) is 0 Å². The summed E-state index contributed by atoms with van der Waals surface area (Å²) < 4.78 is 13.2. The zero-order valence-electron chi connectivity index (χ0n) is 19.0. The number of piperidine rings is 1. The molecule has 1 atom stereocenters. The Morgan fingerprint density at radius 1 is 1.00 bits per heavy atom. The molecule has 2 saturated heterocycles. The number of likely N-dealkylation sites (tertiary alicyclic amines) is 1. The third-order valence-corrected chi connectivity index (χ3v) is 6.87. The minimum atomic E-state index is -0.221. The number of benzene rings is 2. The van der Waals surface area contributed by atoms with E-state index in [9.17, 15) is 9.18 Å². The number of urea groups is 1. The molecule has 2 amide bonds. The van der Waals surface area contributed by atoms with E-state index < -0.39 is 0 Å². The molecule has 2 fully saturated rings. The van der Waals surface area contributed by atoms with Crippen molar-refractivity contribution < 1.29 is 9.18 Å². The molecule has 0 unspecified atom stereocenters. The van der Waals surface area contributed by atoms with Crippen LogP contribution in [-0.2, 0) is 6.54 Å². The van der Waals surface area contributed by atoms with Crippen molar-refractivity contribution in [1.82, 2.24) is 15.1 Å². The number of halogens is 1. The highest BCUT2D eigenvalue weighted by Gasteiger charge is 2.27. The molecule has 0 spiro atoms. The normalized spacial score (nSPS) is 20.4. The standard InChI is InChI=1S/C26H35FN4O/c1-21-19-30(25-9-7-24(27)8-10-25)17-18-31(21)26(32)28-14-11-22-12-15-29(16-13-22)20-23-5-3-2-4-6-23/h2-10,21-22H,11-20H2,1H3,(H,28,32)/t21-/m1/s1. The molecular formula is C26H35FN4O. The maximum atomic E-state index is 13.2. The van der Waals surface area contributed by atoms with Crippen LogP contribution in [0.5, 0.6) is 0 Å². The third kappa shape index (κ3) is 6.00. The van der Waals surface area contributed by atoms with E-state index in [1.807, 2.05) is 17.0 Å². The number of amides is 2. The molecule has 5 nitrogen and oxygen atoms in total. The van der Waals surface area contributed by atoms with E-state index in [1.165, 1.54) is 30.5 Å². The summed E-state index contributed by atoms with van der Waals surface area (Å²) in [4.78, 5) is 19.4.